The van der Waals surface area contributed by atoms with Crippen LogP contribution in [0.5, 0.6) is 17.2 Å². The third-order valence-electron chi connectivity index (χ3n) is 4.21. The Bertz CT molecular complexity index is 745. The van der Waals surface area contributed by atoms with Crippen molar-refractivity contribution in [3.8, 4) is 17.2 Å². The molecule has 0 spiro atoms. The van der Waals surface area contributed by atoms with Gasteiger partial charge in [-0.2, -0.15) is 0 Å². The molecule has 0 aliphatic rings. The summed E-state index contributed by atoms with van der Waals surface area (Å²) < 4.78 is 21.3. The lowest BCUT2D eigenvalue weighted by atomic mass is 10.1. The third kappa shape index (κ3) is 6.78. The van der Waals surface area contributed by atoms with Crippen LogP contribution in [0.25, 0.3) is 0 Å². The van der Waals surface area contributed by atoms with E-state index < -0.39 is 0 Å². The molecule has 0 aliphatic heterocycles. The number of rotatable bonds is 11. The van der Waals surface area contributed by atoms with Gasteiger partial charge in [0.1, 0.15) is 11.9 Å². The molecule has 6 heteroatoms. The van der Waals surface area contributed by atoms with Crippen LogP contribution in [0.15, 0.2) is 42.5 Å². The highest BCUT2D eigenvalue weighted by Gasteiger charge is 2.08. The average Bonchev–Trinajstić information content (AvgIpc) is 2.69. The number of benzene rings is 2. The summed E-state index contributed by atoms with van der Waals surface area (Å²) in [5.41, 5.74) is 2.01. The molecule has 0 saturated carbocycles. The minimum atomic E-state index is -0.0273. The van der Waals surface area contributed by atoms with Crippen molar-refractivity contribution in [2.75, 3.05) is 34.5 Å². The summed E-state index contributed by atoms with van der Waals surface area (Å²) in [5, 5.41) is 2.95. The minimum absolute atomic E-state index is 0.00622. The smallest absolute Gasteiger partial charge is 0.224 e. The van der Waals surface area contributed by atoms with Gasteiger partial charge in [0.25, 0.3) is 0 Å². The van der Waals surface area contributed by atoms with Crippen molar-refractivity contribution in [1.29, 1.82) is 0 Å². The van der Waals surface area contributed by atoms with Gasteiger partial charge in [-0.15, -0.1) is 0 Å². The maximum absolute atomic E-state index is 12.2. The van der Waals surface area contributed by atoms with Gasteiger partial charge in [-0.25, -0.2) is 0 Å². The summed E-state index contributed by atoms with van der Waals surface area (Å²) >= 11 is 0. The zero-order chi connectivity index (χ0) is 20.4. The zero-order valence-corrected chi connectivity index (χ0v) is 17.0. The summed E-state index contributed by atoms with van der Waals surface area (Å²) in [6.07, 6.45) is 1.06. The predicted octanol–water partition coefficient (Wildman–Crippen LogP) is 3.02. The highest BCUT2D eigenvalue weighted by molar-refractivity contribution is 5.78. The Hall–Kier alpha value is -2.73. The van der Waals surface area contributed by atoms with E-state index in [1.165, 1.54) is 0 Å². The van der Waals surface area contributed by atoms with Crippen molar-refractivity contribution < 1.29 is 23.7 Å². The normalized spacial score (nSPS) is 11.6. The first-order valence-electron chi connectivity index (χ1n) is 9.27. The molecule has 0 aliphatic carbocycles. The quantitative estimate of drug-likeness (QED) is 0.642. The lowest BCUT2D eigenvalue weighted by Gasteiger charge is -2.14. The van der Waals surface area contributed by atoms with Crippen molar-refractivity contribution in [1.82, 2.24) is 5.32 Å². The maximum Gasteiger partial charge on any atom is 0.224 e. The molecule has 152 valence electrons. The fraction of sp³-hybridized carbons (Fsp3) is 0.409. The lowest BCUT2D eigenvalue weighted by molar-refractivity contribution is -0.120. The van der Waals surface area contributed by atoms with Gasteiger partial charge in [0.05, 0.1) is 27.2 Å². The summed E-state index contributed by atoms with van der Waals surface area (Å²) in [5.74, 6) is 2.05. The molecule has 6 nitrogen and oxygen atoms in total. The molecule has 0 radical (unpaired) electrons. The van der Waals surface area contributed by atoms with E-state index in [2.05, 4.69) is 5.32 Å². The van der Waals surface area contributed by atoms with Crippen molar-refractivity contribution in [2.24, 2.45) is 0 Å². The first-order chi connectivity index (χ1) is 13.5. The van der Waals surface area contributed by atoms with Gasteiger partial charge in [0.2, 0.25) is 5.91 Å². The standard InChI is InChI=1S/C22H29NO5/c1-16(15-25-2)28-19-8-5-17(6-9-19)11-12-23-22(24)14-18-7-10-20(26-3)21(13-18)27-4/h5-10,13,16H,11-12,14-15H2,1-4H3,(H,23,24). The average molecular weight is 387 g/mol. The van der Waals surface area contributed by atoms with E-state index in [-0.39, 0.29) is 12.0 Å². The molecule has 2 aromatic rings. The van der Waals surface area contributed by atoms with Gasteiger partial charge in [-0.1, -0.05) is 18.2 Å². The number of carbonyl (C=O) groups excluding carboxylic acids is 1. The van der Waals surface area contributed by atoms with Crippen LogP contribution in [0.3, 0.4) is 0 Å². The van der Waals surface area contributed by atoms with Crippen LogP contribution in [0.1, 0.15) is 18.1 Å². The molecule has 1 unspecified atom stereocenters. The molecule has 28 heavy (non-hydrogen) atoms. The number of nitrogens with one attached hydrogen (secondary N) is 1. The van der Waals surface area contributed by atoms with E-state index in [9.17, 15) is 4.79 Å². The molecule has 0 aromatic heterocycles. The van der Waals surface area contributed by atoms with Crippen LogP contribution in [0.2, 0.25) is 0 Å². The van der Waals surface area contributed by atoms with Crippen LogP contribution in [-0.4, -0.2) is 46.5 Å². The first kappa shape index (κ1) is 21.6. The van der Waals surface area contributed by atoms with E-state index in [1.807, 2.05) is 43.3 Å². The van der Waals surface area contributed by atoms with Gasteiger partial charge in [0.15, 0.2) is 11.5 Å². The van der Waals surface area contributed by atoms with Gasteiger partial charge < -0.3 is 24.3 Å². The van der Waals surface area contributed by atoms with Gasteiger partial charge in [-0.3, -0.25) is 4.79 Å². The van der Waals surface area contributed by atoms with Gasteiger partial charge in [-0.05, 0) is 48.7 Å². The van der Waals surface area contributed by atoms with Crippen LogP contribution in [-0.2, 0) is 22.4 Å². The highest BCUT2D eigenvalue weighted by atomic mass is 16.5. The number of hydrogen-bond acceptors (Lipinski definition) is 5. The molecular formula is C22H29NO5. The number of amides is 1. The molecule has 0 fully saturated rings. The Morgan fingerprint density at radius 3 is 2.29 bits per heavy atom. The number of hydrogen-bond donors (Lipinski definition) is 1. The van der Waals surface area contributed by atoms with Crippen LogP contribution in [0.4, 0.5) is 0 Å². The monoisotopic (exact) mass is 387 g/mol. The minimum Gasteiger partial charge on any atom is -0.493 e. The SMILES string of the molecule is COCC(C)Oc1ccc(CCNC(=O)Cc2ccc(OC)c(OC)c2)cc1. The molecule has 0 bridgehead atoms. The predicted molar refractivity (Wildman–Crippen MR) is 108 cm³/mol. The molecule has 0 saturated heterocycles. The largest absolute Gasteiger partial charge is 0.493 e. The zero-order valence-electron chi connectivity index (χ0n) is 17.0. The van der Waals surface area contributed by atoms with Gasteiger partial charge in [0, 0.05) is 13.7 Å². The number of carbonyl (C=O) groups is 1. The number of ether oxygens (including phenoxy) is 4. The van der Waals surface area contributed by atoms with Crippen molar-refractivity contribution in [3.05, 3.63) is 53.6 Å². The Kier molecular flexibility index (Phi) is 8.62. The summed E-state index contributed by atoms with van der Waals surface area (Å²) in [7, 11) is 4.82. The molecule has 0 heterocycles. The van der Waals surface area contributed by atoms with Crippen molar-refractivity contribution >= 4 is 5.91 Å². The molecule has 1 N–H and O–H groups in total. The van der Waals surface area contributed by atoms with E-state index >= 15 is 0 Å². The second-order valence-corrected chi connectivity index (χ2v) is 6.49. The van der Waals surface area contributed by atoms with E-state index in [1.54, 1.807) is 27.4 Å². The molecular weight excluding hydrogens is 358 g/mol. The topological polar surface area (TPSA) is 66.0 Å². The Morgan fingerprint density at radius 1 is 0.964 bits per heavy atom. The Morgan fingerprint density at radius 2 is 1.64 bits per heavy atom. The van der Waals surface area contributed by atoms with E-state index in [0.29, 0.717) is 31.1 Å². The third-order valence-corrected chi connectivity index (χ3v) is 4.21. The second kappa shape index (κ2) is 11.2. The molecule has 1 amide bonds. The van der Waals surface area contributed by atoms with Crippen molar-refractivity contribution in [2.45, 2.75) is 25.9 Å². The van der Waals surface area contributed by atoms with Crippen molar-refractivity contribution in [3.63, 3.8) is 0 Å². The Labute approximate surface area is 166 Å². The lowest BCUT2D eigenvalue weighted by Crippen LogP contribution is -2.27. The molecule has 2 rings (SSSR count). The summed E-state index contributed by atoms with van der Waals surface area (Å²) in [6, 6.07) is 13.4. The maximum atomic E-state index is 12.2. The molecule has 1 atom stereocenters. The van der Waals surface area contributed by atoms with Crippen LogP contribution in [0, 0.1) is 0 Å². The van der Waals surface area contributed by atoms with Gasteiger partial charge >= 0.3 is 0 Å². The summed E-state index contributed by atoms with van der Waals surface area (Å²) in [4.78, 5) is 12.2. The van der Waals surface area contributed by atoms with E-state index in [0.717, 1.165) is 23.3 Å². The first-order valence-corrected chi connectivity index (χ1v) is 9.27. The summed E-state index contributed by atoms with van der Waals surface area (Å²) in [6.45, 7) is 3.09. The van der Waals surface area contributed by atoms with Crippen LogP contribution >= 0.6 is 0 Å². The number of methoxy groups -OCH3 is 3. The highest BCUT2D eigenvalue weighted by Crippen LogP contribution is 2.27. The Balaban J connectivity index is 1.77. The van der Waals surface area contributed by atoms with E-state index in [4.69, 9.17) is 18.9 Å². The fourth-order valence-corrected chi connectivity index (χ4v) is 2.82. The fourth-order valence-electron chi connectivity index (χ4n) is 2.82. The van der Waals surface area contributed by atoms with Crippen LogP contribution < -0.4 is 19.5 Å². The molecule has 2 aromatic carbocycles. The second-order valence-electron chi connectivity index (χ2n) is 6.49.